The Morgan fingerprint density at radius 3 is 2.45 bits per heavy atom. The third-order valence-corrected chi connectivity index (χ3v) is 3.55. The van der Waals surface area contributed by atoms with Gasteiger partial charge in [-0.2, -0.15) is 0 Å². The van der Waals surface area contributed by atoms with Crippen molar-refractivity contribution in [3.63, 3.8) is 0 Å². The fourth-order valence-electron chi connectivity index (χ4n) is 2.34. The van der Waals surface area contributed by atoms with Crippen molar-refractivity contribution >= 4 is 11.6 Å². The van der Waals surface area contributed by atoms with Crippen molar-refractivity contribution < 1.29 is 14.4 Å². The Balaban J connectivity index is 1.87. The summed E-state index contributed by atoms with van der Waals surface area (Å²) in [5.74, 6) is 0.874. The lowest BCUT2D eigenvalue weighted by molar-refractivity contribution is -0.885. The Morgan fingerprint density at radius 1 is 1.14 bits per heavy atom. The standard InChI is InChI=1S/C18H22N2O2/c1-14-6-4-5-7-17(14)19-18(21)13-20(2)12-15-8-10-16(22-3)11-9-15/h4-11H,12-13H2,1-3H3,(H,19,21)/p+1. The largest absolute Gasteiger partial charge is 0.497 e. The summed E-state index contributed by atoms with van der Waals surface area (Å²) in [7, 11) is 3.67. The van der Waals surface area contributed by atoms with Crippen LogP contribution in [0.25, 0.3) is 0 Å². The van der Waals surface area contributed by atoms with E-state index in [1.807, 2.05) is 62.5 Å². The summed E-state index contributed by atoms with van der Waals surface area (Å²) < 4.78 is 5.15. The van der Waals surface area contributed by atoms with Gasteiger partial charge in [-0.3, -0.25) is 4.79 Å². The molecule has 0 radical (unpaired) electrons. The van der Waals surface area contributed by atoms with Crippen LogP contribution < -0.4 is 15.0 Å². The van der Waals surface area contributed by atoms with Gasteiger partial charge in [0.25, 0.3) is 5.91 Å². The first-order valence-corrected chi connectivity index (χ1v) is 7.38. The van der Waals surface area contributed by atoms with Crippen LogP contribution >= 0.6 is 0 Å². The van der Waals surface area contributed by atoms with E-state index < -0.39 is 0 Å². The first kappa shape index (κ1) is 16.0. The number of amides is 1. The van der Waals surface area contributed by atoms with Gasteiger partial charge < -0.3 is 15.0 Å². The number of benzene rings is 2. The van der Waals surface area contributed by atoms with Gasteiger partial charge in [-0.1, -0.05) is 18.2 Å². The van der Waals surface area contributed by atoms with Gasteiger partial charge in [-0.25, -0.2) is 0 Å². The number of para-hydroxylation sites is 1. The molecule has 2 aromatic rings. The zero-order valence-electron chi connectivity index (χ0n) is 13.3. The SMILES string of the molecule is COc1ccc(C[NH+](C)CC(=O)Nc2ccccc2C)cc1. The van der Waals surface area contributed by atoms with Crippen LogP contribution in [0.5, 0.6) is 5.75 Å². The number of quaternary nitrogens is 1. The fraction of sp³-hybridized carbons (Fsp3) is 0.278. The van der Waals surface area contributed by atoms with Crippen molar-refractivity contribution in [2.45, 2.75) is 13.5 Å². The number of carbonyl (C=O) groups is 1. The van der Waals surface area contributed by atoms with Crippen LogP contribution in [0.1, 0.15) is 11.1 Å². The molecule has 22 heavy (non-hydrogen) atoms. The van der Waals surface area contributed by atoms with E-state index in [-0.39, 0.29) is 5.91 Å². The lowest BCUT2D eigenvalue weighted by Crippen LogP contribution is -3.08. The van der Waals surface area contributed by atoms with E-state index in [1.54, 1.807) is 7.11 Å². The molecule has 2 aromatic carbocycles. The number of hydrogen-bond acceptors (Lipinski definition) is 2. The molecule has 4 heteroatoms. The molecule has 2 rings (SSSR count). The lowest BCUT2D eigenvalue weighted by atomic mass is 10.2. The molecule has 2 N–H and O–H groups in total. The third kappa shape index (κ3) is 4.60. The van der Waals surface area contributed by atoms with Crippen LogP contribution in [-0.4, -0.2) is 26.6 Å². The van der Waals surface area contributed by atoms with Crippen molar-refractivity contribution in [3.8, 4) is 5.75 Å². The monoisotopic (exact) mass is 299 g/mol. The summed E-state index contributed by atoms with van der Waals surface area (Å²) in [4.78, 5) is 13.2. The van der Waals surface area contributed by atoms with Crippen LogP contribution in [0.2, 0.25) is 0 Å². The summed E-state index contributed by atoms with van der Waals surface area (Å²) in [6, 6.07) is 15.7. The highest BCUT2D eigenvalue weighted by atomic mass is 16.5. The third-order valence-electron chi connectivity index (χ3n) is 3.55. The summed E-state index contributed by atoms with van der Waals surface area (Å²) in [5, 5.41) is 2.97. The second kappa shape index (κ2) is 7.61. The maximum atomic E-state index is 12.1. The minimum Gasteiger partial charge on any atom is -0.497 e. The summed E-state index contributed by atoms with van der Waals surface area (Å²) >= 11 is 0. The Labute approximate surface area is 131 Å². The molecule has 1 atom stereocenters. The second-order valence-electron chi connectivity index (χ2n) is 5.52. The van der Waals surface area contributed by atoms with Gasteiger partial charge in [-0.15, -0.1) is 0 Å². The molecule has 0 heterocycles. The van der Waals surface area contributed by atoms with E-state index in [4.69, 9.17) is 4.74 Å². The molecule has 1 unspecified atom stereocenters. The number of ether oxygens (including phenoxy) is 1. The molecular formula is C18H23N2O2+. The zero-order chi connectivity index (χ0) is 15.9. The van der Waals surface area contributed by atoms with Crippen molar-refractivity contribution in [3.05, 3.63) is 59.7 Å². The summed E-state index contributed by atoms with van der Waals surface area (Å²) in [6.07, 6.45) is 0. The smallest absolute Gasteiger partial charge is 0.279 e. The number of methoxy groups -OCH3 is 1. The molecule has 0 saturated carbocycles. The van der Waals surface area contributed by atoms with E-state index in [0.717, 1.165) is 28.4 Å². The van der Waals surface area contributed by atoms with Crippen molar-refractivity contribution in [2.75, 3.05) is 26.0 Å². The summed E-state index contributed by atoms with van der Waals surface area (Å²) in [5.41, 5.74) is 3.13. The number of hydrogen-bond donors (Lipinski definition) is 2. The normalized spacial score (nSPS) is 11.8. The van der Waals surface area contributed by atoms with E-state index in [1.165, 1.54) is 5.56 Å². The lowest BCUT2D eigenvalue weighted by Gasteiger charge is -2.15. The molecule has 0 saturated heterocycles. The first-order chi connectivity index (χ1) is 10.6. The van der Waals surface area contributed by atoms with Gasteiger partial charge in [0.15, 0.2) is 6.54 Å². The Hall–Kier alpha value is -2.33. The van der Waals surface area contributed by atoms with Crippen molar-refractivity contribution in [2.24, 2.45) is 0 Å². The maximum absolute atomic E-state index is 12.1. The van der Waals surface area contributed by atoms with Crippen molar-refractivity contribution in [1.29, 1.82) is 0 Å². The van der Waals surface area contributed by atoms with Gasteiger partial charge >= 0.3 is 0 Å². The Morgan fingerprint density at radius 2 is 1.82 bits per heavy atom. The Bertz CT molecular complexity index is 623. The molecule has 4 nitrogen and oxygen atoms in total. The Kier molecular flexibility index (Phi) is 5.55. The van der Waals surface area contributed by atoms with Crippen molar-refractivity contribution in [1.82, 2.24) is 0 Å². The average molecular weight is 299 g/mol. The molecule has 0 bridgehead atoms. The number of carbonyl (C=O) groups excluding carboxylic acids is 1. The van der Waals surface area contributed by atoms with E-state index in [2.05, 4.69) is 5.32 Å². The van der Waals surface area contributed by atoms with E-state index in [0.29, 0.717) is 6.54 Å². The molecule has 0 spiro atoms. The quantitative estimate of drug-likeness (QED) is 0.852. The van der Waals surface area contributed by atoms with Crippen LogP contribution in [-0.2, 0) is 11.3 Å². The van der Waals surface area contributed by atoms with Gasteiger partial charge in [0.05, 0.1) is 14.2 Å². The predicted octanol–water partition coefficient (Wildman–Crippen LogP) is 1.66. The average Bonchev–Trinajstić information content (AvgIpc) is 2.50. The van der Waals surface area contributed by atoms with Gasteiger partial charge in [0, 0.05) is 11.3 Å². The molecule has 116 valence electrons. The van der Waals surface area contributed by atoms with Crippen LogP contribution in [0.3, 0.4) is 0 Å². The van der Waals surface area contributed by atoms with Crippen LogP contribution in [0.4, 0.5) is 5.69 Å². The van der Waals surface area contributed by atoms with E-state index >= 15 is 0 Å². The molecule has 0 aliphatic rings. The predicted molar refractivity (Wildman–Crippen MR) is 88.3 cm³/mol. The molecule has 0 aromatic heterocycles. The maximum Gasteiger partial charge on any atom is 0.279 e. The highest BCUT2D eigenvalue weighted by molar-refractivity contribution is 5.92. The van der Waals surface area contributed by atoms with Gasteiger partial charge in [0.2, 0.25) is 0 Å². The molecule has 1 amide bonds. The number of likely N-dealkylation sites (N-methyl/N-ethyl adjacent to an activating group) is 1. The highest BCUT2D eigenvalue weighted by Gasteiger charge is 2.11. The molecular weight excluding hydrogens is 276 g/mol. The number of rotatable bonds is 6. The highest BCUT2D eigenvalue weighted by Crippen LogP contribution is 2.12. The second-order valence-corrected chi connectivity index (χ2v) is 5.52. The zero-order valence-corrected chi connectivity index (χ0v) is 13.3. The minimum atomic E-state index is 0.0281. The number of anilines is 1. The van der Waals surface area contributed by atoms with Gasteiger partial charge in [0.1, 0.15) is 12.3 Å². The number of aryl methyl sites for hydroxylation is 1. The fourth-order valence-corrected chi connectivity index (χ4v) is 2.34. The minimum absolute atomic E-state index is 0.0281. The molecule has 0 aliphatic carbocycles. The van der Waals surface area contributed by atoms with Crippen LogP contribution in [0, 0.1) is 6.92 Å². The summed E-state index contributed by atoms with van der Waals surface area (Å²) in [6.45, 7) is 3.22. The van der Waals surface area contributed by atoms with Crippen LogP contribution in [0.15, 0.2) is 48.5 Å². The molecule has 0 aliphatic heterocycles. The number of nitrogens with one attached hydrogen (secondary N) is 2. The first-order valence-electron chi connectivity index (χ1n) is 7.38. The molecule has 0 fully saturated rings. The van der Waals surface area contributed by atoms with E-state index in [9.17, 15) is 4.79 Å². The van der Waals surface area contributed by atoms with Gasteiger partial charge in [-0.05, 0) is 42.8 Å². The topological polar surface area (TPSA) is 42.8 Å².